The summed E-state index contributed by atoms with van der Waals surface area (Å²) < 4.78 is 5.19. The summed E-state index contributed by atoms with van der Waals surface area (Å²) in [6, 6.07) is 30.2. The Labute approximate surface area is 149 Å². The van der Waals surface area contributed by atoms with E-state index in [1.807, 2.05) is 54.6 Å². The molecule has 0 heterocycles. The zero-order valence-corrected chi connectivity index (χ0v) is 15.1. The lowest BCUT2D eigenvalue weighted by molar-refractivity contribution is 0.157. The number of benzene rings is 3. The third-order valence-corrected chi connectivity index (χ3v) is 8.13. The first kappa shape index (κ1) is 17.0. The Morgan fingerprint density at radius 3 is 1.44 bits per heavy atom. The summed E-state index contributed by atoms with van der Waals surface area (Å²) in [5, 5.41) is 3.17. The largest absolute Gasteiger partial charge is 0.449 e. The van der Waals surface area contributed by atoms with Crippen molar-refractivity contribution in [2.75, 3.05) is 6.61 Å². The molecule has 3 aromatic carbocycles. The van der Waals surface area contributed by atoms with Gasteiger partial charge in [0, 0.05) is 0 Å². The molecule has 3 rings (SSSR count). The molecule has 0 N–H and O–H groups in total. The predicted octanol–water partition coefficient (Wildman–Crippen LogP) is 2.41. The maximum absolute atomic E-state index is 12.4. The minimum Gasteiger partial charge on any atom is -0.449 e. The van der Waals surface area contributed by atoms with Crippen molar-refractivity contribution >= 4 is 29.9 Å². The SMILES string of the molecule is CCOC(=O)[N][Si](c1ccccc1)(c1ccccc1)c1ccccc1. The van der Waals surface area contributed by atoms with Gasteiger partial charge < -0.3 is 4.74 Å². The van der Waals surface area contributed by atoms with Crippen LogP contribution in [0.4, 0.5) is 4.79 Å². The number of hydrogen-bond donors (Lipinski definition) is 0. The van der Waals surface area contributed by atoms with Gasteiger partial charge in [-0.1, -0.05) is 91.0 Å². The lowest BCUT2D eigenvalue weighted by Crippen LogP contribution is -2.74. The van der Waals surface area contributed by atoms with Crippen LogP contribution < -0.4 is 20.5 Å². The summed E-state index contributed by atoms with van der Waals surface area (Å²) in [5.74, 6) is 0. The summed E-state index contributed by atoms with van der Waals surface area (Å²) in [6.07, 6.45) is -0.509. The van der Waals surface area contributed by atoms with Crippen molar-refractivity contribution in [3.05, 3.63) is 91.0 Å². The van der Waals surface area contributed by atoms with E-state index in [0.717, 1.165) is 15.6 Å². The first-order valence-corrected chi connectivity index (χ1v) is 10.3. The monoisotopic (exact) mass is 346 g/mol. The van der Waals surface area contributed by atoms with Crippen LogP contribution in [0.2, 0.25) is 0 Å². The van der Waals surface area contributed by atoms with Crippen LogP contribution in [-0.4, -0.2) is 20.9 Å². The van der Waals surface area contributed by atoms with E-state index in [4.69, 9.17) is 4.74 Å². The molecule has 0 fully saturated rings. The van der Waals surface area contributed by atoms with Gasteiger partial charge in [-0.3, -0.25) is 0 Å². The molecule has 0 aliphatic carbocycles. The minimum absolute atomic E-state index is 0.311. The van der Waals surface area contributed by atoms with E-state index in [9.17, 15) is 4.79 Å². The van der Waals surface area contributed by atoms with Crippen LogP contribution in [-0.2, 0) is 4.74 Å². The van der Waals surface area contributed by atoms with Gasteiger partial charge in [0.05, 0.1) is 6.61 Å². The lowest BCUT2D eigenvalue weighted by atomic mass is 10.3. The molecule has 0 aromatic heterocycles. The highest BCUT2D eigenvalue weighted by atomic mass is 28.3. The highest BCUT2D eigenvalue weighted by Crippen LogP contribution is 2.07. The highest BCUT2D eigenvalue weighted by molar-refractivity contribution is 7.10. The van der Waals surface area contributed by atoms with E-state index in [0.29, 0.717) is 6.61 Å². The fourth-order valence-corrected chi connectivity index (χ4v) is 6.77. The minimum atomic E-state index is -2.87. The van der Waals surface area contributed by atoms with Crippen LogP contribution in [0.25, 0.3) is 0 Å². The highest BCUT2D eigenvalue weighted by Gasteiger charge is 2.44. The first-order chi connectivity index (χ1) is 12.3. The van der Waals surface area contributed by atoms with Crippen molar-refractivity contribution < 1.29 is 9.53 Å². The number of carbonyl (C=O) groups is 1. The Bertz CT molecular complexity index is 710. The van der Waals surface area contributed by atoms with Crippen molar-refractivity contribution in [3.8, 4) is 0 Å². The van der Waals surface area contributed by atoms with Gasteiger partial charge >= 0.3 is 6.09 Å². The quantitative estimate of drug-likeness (QED) is 0.526. The lowest BCUT2D eigenvalue weighted by Gasteiger charge is -2.31. The molecule has 0 atom stereocenters. The molecule has 0 aliphatic heterocycles. The van der Waals surface area contributed by atoms with E-state index < -0.39 is 14.3 Å². The van der Waals surface area contributed by atoms with Crippen molar-refractivity contribution in [2.45, 2.75) is 6.92 Å². The second-order valence-corrected chi connectivity index (χ2v) is 9.00. The Kier molecular flexibility index (Phi) is 5.31. The standard InChI is InChI=1S/C21H20NO2Si/c1-2-24-21(23)22-25(18-12-6-3-7-13-18,19-14-8-4-9-15-19)20-16-10-5-11-17-20/h3-17H,2H2,1H3. The molecule has 25 heavy (non-hydrogen) atoms. The maximum atomic E-state index is 12.4. The number of ether oxygens (including phenoxy) is 1. The van der Waals surface area contributed by atoms with E-state index in [1.165, 1.54) is 0 Å². The van der Waals surface area contributed by atoms with Gasteiger partial charge in [0.2, 0.25) is 0 Å². The van der Waals surface area contributed by atoms with Gasteiger partial charge in [0.1, 0.15) is 0 Å². The molecule has 0 saturated carbocycles. The average molecular weight is 346 g/mol. The second-order valence-electron chi connectivity index (χ2n) is 5.62. The van der Waals surface area contributed by atoms with E-state index >= 15 is 0 Å². The topological polar surface area (TPSA) is 40.4 Å². The Balaban J connectivity index is 2.26. The number of amides is 1. The van der Waals surface area contributed by atoms with Crippen molar-refractivity contribution in [3.63, 3.8) is 0 Å². The fraction of sp³-hybridized carbons (Fsp3) is 0.0952. The van der Waals surface area contributed by atoms with Crippen LogP contribution in [0.1, 0.15) is 6.92 Å². The van der Waals surface area contributed by atoms with Crippen LogP contribution in [0.5, 0.6) is 0 Å². The molecule has 0 spiro atoms. The van der Waals surface area contributed by atoms with Crippen LogP contribution in [0.3, 0.4) is 0 Å². The van der Waals surface area contributed by atoms with Gasteiger partial charge in [-0.05, 0) is 22.5 Å². The van der Waals surface area contributed by atoms with E-state index in [1.54, 1.807) is 6.92 Å². The van der Waals surface area contributed by atoms with Gasteiger partial charge in [0.15, 0.2) is 0 Å². The van der Waals surface area contributed by atoms with E-state index in [-0.39, 0.29) is 0 Å². The fourth-order valence-electron chi connectivity index (χ4n) is 3.02. The van der Waals surface area contributed by atoms with Crippen LogP contribution in [0.15, 0.2) is 91.0 Å². The molecule has 0 saturated heterocycles. The van der Waals surface area contributed by atoms with Gasteiger partial charge in [0.25, 0.3) is 8.24 Å². The predicted molar refractivity (Wildman–Crippen MR) is 103 cm³/mol. The van der Waals surface area contributed by atoms with Gasteiger partial charge in [-0.15, -0.1) is 0 Å². The van der Waals surface area contributed by atoms with Crippen molar-refractivity contribution in [2.24, 2.45) is 0 Å². The van der Waals surface area contributed by atoms with Crippen molar-refractivity contribution in [1.82, 2.24) is 4.98 Å². The zero-order valence-electron chi connectivity index (χ0n) is 14.1. The van der Waals surface area contributed by atoms with E-state index in [2.05, 4.69) is 41.4 Å². The number of carbonyl (C=O) groups excluding carboxylic acids is 1. The molecule has 0 bridgehead atoms. The summed E-state index contributed by atoms with van der Waals surface area (Å²) in [6.45, 7) is 2.11. The smallest absolute Gasteiger partial charge is 0.421 e. The molecule has 1 radical (unpaired) electrons. The molecule has 3 nitrogen and oxygen atoms in total. The number of rotatable bonds is 5. The molecule has 3 aromatic rings. The Morgan fingerprint density at radius 2 is 1.12 bits per heavy atom. The summed E-state index contributed by atoms with van der Waals surface area (Å²) >= 11 is 0. The normalized spacial score (nSPS) is 10.9. The van der Waals surface area contributed by atoms with Gasteiger partial charge in [-0.25, -0.2) is 9.78 Å². The van der Waals surface area contributed by atoms with Crippen molar-refractivity contribution in [1.29, 1.82) is 0 Å². The molecule has 1 amide bonds. The maximum Gasteiger partial charge on any atom is 0.421 e. The number of hydrogen-bond acceptors (Lipinski definition) is 2. The summed E-state index contributed by atoms with van der Waals surface area (Å²) in [7, 11) is -2.87. The first-order valence-electron chi connectivity index (χ1n) is 8.33. The van der Waals surface area contributed by atoms with Gasteiger partial charge in [-0.2, -0.15) is 0 Å². The third kappa shape index (κ3) is 3.49. The van der Waals surface area contributed by atoms with Crippen LogP contribution in [0, 0.1) is 0 Å². The second kappa shape index (κ2) is 7.81. The molecule has 125 valence electrons. The summed E-state index contributed by atoms with van der Waals surface area (Å²) in [4.78, 5) is 17.1. The number of nitrogens with zero attached hydrogens (tertiary/aromatic N) is 1. The average Bonchev–Trinajstić information content (AvgIpc) is 2.68. The molecular formula is C21H20NO2Si. The molecule has 4 heteroatoms. The zero-order chi connectivity index (χ0) is 17.5. The Morgan fingerprint density at radius 1 is 0.760 bits per heavy atom. The summed E-state index contributed by atoms with van der Waals surface area (Å²) in [5.41, 5.74) is 0. The molecule has 0 aliphatic rings. The molecule has 0 unspecified atom stereocenters. The van der Waals surface area contributed by atoms with Crippen LogP contribution >= 0.6 is 0 Å². The third-order valence-electron chi connectivity index (χ3n) is 4.10. The molecular weight excluding hydrogens is 326 g/mol. The Hall–Kier alpha value is -2.85.